The molecule has 1 aliphatic heterocycles. The van der Waals surface area contributed by atoms with Gasteiger partial charge in [-0.25, -0.2) is 0 Å². The molecule has 0 aromatic carbocycles. The lowest BCUT2D eigenvalue weighted by atomic mass is 10.1. The standard InChI is InChI=1S/C7H8FN3O3S3/c8-17(13,14)3-4-1-5(12)11(2-4)6-9-10-7(15)16-6/h4H,1-3H2,(H,10,15). The first kappa shape index (κ1) is 12.6. The van der Waals surface area contributed by atoms with Crippen molar-refractivity contribution in [3.8, 4) is 0 Å². The first-order valence-electron chi connectivity index (χ1n) is 4.63. The van der Waals surface area contributed by atoms with Crippen LogP contribution in [0.5, 0.6) is 0 Å². The fourth-order valence-electron chi connectivity index (χ4n) is 1.70. The number of aromatic nitrogens is 2. The van der Waals surface area contributed by atoms with Gasteiger partial charge >= 0.3 is 10.2 Å². The Hall–Kier alpha value is -0.870. The Labute approximate surface area is 106 Å². The molecule has 1 saturated heterocycles. The van der Waals surface area contributed by atoms with E-state index in [-0.39, 0.29) is 18.9 Å². The smallest absolute Gasteiger partial charge is 0.286 e. The molecule has 0 aliphatic carbocycles. The van der Waals surface area contributed by atoms with Crippen molar-refractivity contribution in [3.63, 3.8) is 0 Å². The predicted octanol–water partition coefficient (Wildman–Crippen LogP) is 0.853. The number of carbonyl (C=O) groups excluding carboxylic acids is 1. The number of hydrogen-bond donors (Lipinski definition) is 1. The minimum Gasteiger partial charge on any atom is -0.286 e. The SMILES string of the molecule is O=C1CC(CS(=O)(=O)F)CN1c1n[nH]c(=S)s1. The third-order valence-electron chi connectivity index (χ3n) is 2.30. The Bertz CT molecular complexity index is 593. The molecule has 94 valence electrons. The first-order chi connectivity index (χ1) is 7.85. The number of aromatic amines is 1. The van der Waals surface area contributed by atoms with Crippen LogP contribution in [0.4, 0.5) is 9.02 Å². The summed E-state index contributed by atoms with van der Waals surface area (Å²) in [4.78, 5) is 12.9. The number of amides is 1. The van der Waals surface area contributed by atoms with Gasteiger partial charge in [-0.15, -0.1) is 8.98 Å². The molecule has 0 bridgehead atoms. The average molecular weight is 297 g/mol. The van der Waals surface area contributed by atoms with E-state index in [4.69, 9.17) is 12.2 Å². The number of nitrogens with zero attached hydrogens (tertiary/aromatic N) is 2. The first-order valence-corrected chi connectivity index (χ1v) is 7.41. The minimum atomic E-state index is -4.56. The van der Waals surface area contributed by atoms with Crippen LogP contribution in [0.25, 0.3) is 0 Å². The lowest BCUT2D eigenvalue weighted by molar-refractivity contribution is -0.117. The highest BCUT2D eigenvalue weighted by Crippen LogP contribution is 2.27. The second-order valence-electron chi connectivity index (χ2n) is 3.68. The summed E-state index contributed by atoms with van der Waals surface area (Å²) in [5.41, 5.74) is 0. The normalized spacial score (nSPS) is 21.1. The molecule has 1 N–H and O–H groups in total. The number of nitrogens with one attached hydrogen (secondary N) is 1. The molecule has 1 aliphatic rings. The van der Waals surface area contributed by atoms with Gasteiger partial charge in [-0.05, 0) is 12.2 Å². The van der Waals surface area contributed by atoms with Gasteiger partial charge in [0.25, 0.3) is 0 Å². The fraction of sp³-hybridized carbons (Fsp3) is 0.571. The summed E-state index contributed by atoms with van der Waals surface area (Å²) in [5.74, 6) is -1.43. The molecule has 10 heteroatoms. The van der Waals surface area contributed by atoms with Crippen LogP contribution in [0, 0.1) is 9.87 Å². The van der Waals surface area contributed by atoms with Gasteiger partial charge in [0.05, 0.1) is 5.75 Å². The number of hydrogen-bond acceptors (Lipinski definition) is 6. The highest BCUT2D eigenvalue weighted by Gasteiger charge is 2.34. The van der Waals surface area contributed by atoms with Crippen LogP contribution in [0.1, 0.15) is 6.42 Å². The van der Waals surface area contributed by atoms with Gasteiger partial charge in [0.2, 0.25) is 11.0 Å². The van der Waals surface area contributed by atoms with E-state index in [1.165, 1.54) is 4.90 Å². The zero-order chi connectivity index (χ0) is 12.6. The van der Waals surface area contributed by atoms with E-state index in [0.717, 1.165) is 11.3 Å². The van der Waals surface area contributed by atoms with Crippen molar-refractivity contribution >= 4 is 44.8 Å². The minimum absolute atomic E-state index is 0.00942. The van der Waals surface area contributed by atoms with Gasteiger partial charge in [-0.2, -0.15) is 8.42 Å². The molecule has 17 heavy (non-hydrogen) atoms. The van der Waals surface area contributed by atoms with Crippen molar-refractivity contribution in [2.24, 2.45) is 5.92 Å². The van der Waals surface area contributed by atoms with Crippen molar-refractivity contribution in [2.75, 3.05) is 17.2 Å². The van der Waals surface area contributed by atoms with Crippen LogP contribution < -0.4 is 4.90 Å². The van der Waals surface area contributed by atoms with Gasteiger partial charge < -0.3 is 0 Å². The maximum atomic E-state index is 12.5. The van der Waals surface area contributed by atoms with E-state index in [0.29, 0.717) is 9.09 Å². The van der Waals surface area contributed by atoms with Gasteiger partial charge in [-0.1, -0.05) is 11.3 Å². The van der Waals surface area contributed by atoms with Crippen molar-refractivity contribution in [3.05, 3.63) is 3.95 Å². The van der Waals surface area contributed by atoms with Crippen molar-refractivity contribution in [2.45, 2.75) is 6.42 Å². The van der Waals surface area contributed by atoms with E-state index < -0.39 is 21.9 Å². The molecule has 1 aromatic heterocycles. The van der Waals surface area contributed by atoms with Crippen molar-refractivity contribution in [1.29, 1.82) is 0 Å². The summed E-state index contributed by atoms with van der Waals surface area (Å²) in [6.07, 6.45) is 0.00942. The molecule has 1 aromatic rings. The Morgan fingerprint density at radius 3 is 2.88 bits per heavy atom. The molecule has 0 radical (unpaired) electrons. The number of rotatable bonds is 3. The maximum absolute atomic E-state index is 12.5. The van der Waals surface area contributed by atoms with Crippen LogP contribution in [0.3, 0.4) is 0 Å². The van der Waals surface area contributed by atoms with Crippen LogP contribution in [-0.4, -0.2) is 36.8 Å². The Morgan fingerprint density at radius 2 is 2.35 bits per heavy atom. The van der Waals surface area contributed by atoms with Crippen molar-refractivity contribution in [1.82, 2.24) is 10.2 Å². The average Bonchev–Trinajstić information content (AvgIpc) is 2.70. The quantitative estimate of drug-likeness (QED) is 0.660. The molecule has 6 nitrogen and oxygen atoms in total. The van der Waals surface area contributed by atoms with Gasteiger partial charge in [0.1, 0.15) is 0 Å². The summed E-state index contributed by atoms with van der Waals surface area (Å²) in [6.45, 7) is 0.151. The summed E-state index contributed by atoms with van der Waals surface area (Å²) in [7, 11) is -4.56. The summed E-state index contributed by atoms with van der Waals surface area (Å²) in [5, 5.41) is 6.74. The number of carbonyl (C=O) groups is 1. The summed E-state index contributed by atoms with van der Waals surface area (Å²) in [6, 6.07) is 0. The number of halogens is 1. The van der Waals surface area contributed by atoms with Crippen LogP contribution >= 0.6 is 23.6 Å². The van der Waals surface area contributed by atoms with E-state index in [2.05, 4.69) is 10.2 Å². The molecular formula is C7H8FN3O3S3. The molecule has 0 spiro atoms. The molecule has 1 unspecified atom stereocenters. The zero-order valence-corrected chi connectivity index (χ0v) is 10.9. The van der Waals surface area contributed by atoms with E-state index >= 15 is 0 Å². The fourth-order valence-corrected chi connectivity index (χ4v) is 3.39. The van der Waals surface area contributed by atoms with Gasteiger partial charge in [-0.3, -0.25) is 14.8 Å². The summed E-state index contributed by atoms with van der Waals surface area (Å²) >= 11 is 5.95. The molecule has 2 heterocycles. The van der Waals surface area contributed by atoms with Crippen LogP contribution in [0.15, 0.2) is 0 Å². The third-order valence-corrected chi connectivity index (χ3v) is 4.28. The lowest BCUT2D eigenvalue weighted by Crippen LogP contribution is -2.25. The Kier molecular flexibility index (Phi) is 3.27. The molecule has 2 rings (SSSR count). The number of H-pyrrole nitrogens is 1. The highest BCUT2D eigenvalue weighted by atomic mass is 32.3. The summed E-state index contributed by atoms with van der Waals surface area (Å²) < 4.78 is 34.0. The van der Waals surface area contributed by atoms with Crippen LogP contribution in [-0.2, 0) is 15.0 Å². The third kappa shape index (κ3) is 3.07. The highest BCUT2D eigenvalue weighted by molar-refractivity contribution is 7.86. The van der Waals surface area contributed by atoms with Crippen molar-refractivity contribution < 1.29 is 17.1 Å². The van der Waals surface area contributed by atoms with E-state index in [1.807, 2.05) is 0 Å². The zero-order valence-electron chi connectivity index (χ0n) is 8.42. The monoisotopic (exact) mass is 297 g/mol. The molecular weight excluding hydrogens is 289 g/mol. The lowest BCUT2D eigenvalue weighted by Gasteiger charge is -2.11. The Morgan fingerprint density at radius 1 is 1.65 bits per heavy atom. The molecule has 0 saturated carbocycles. The van der Waals surface area contributed by atoms with Gasteiger partial charge in [0, 0.05) is 18.9 Å². The molecule has 1 fully saturated rings. The largest absolute Gasteiger partial charge is 0.302 e. The predicted molar refractivity (Wildman–Crippen MR) is 62.7 cm³/mol. The topological polar surface area (TPSA) is 83.1 Å². The Balaban J connectivity index is 2.13. The maximum Gasteiger partial charge on any atom is 0.302 e. The number of anilines is 1. The second-order valence-corrected chi connectivity index (χ2v) is 6.73. The van der Waals surface area contributed by atoms with E-state index in [1.54, 1.807) is 0 Å². The molecule has 1 amide bonds. The second kappa shape index (κ2) is 4.42. The van der Waals surface area contributed by atoms with E-state index in [9.17, 15) is 17.1 Å². The van der Waals surface area contributed by atoms with Gasteiger partial charge in [0.15, 0.2) is 3.95 Å². The molecule has 1 atom stereocenters. The van der Waals surface area contributed by atoms with Crippen LogP contribution in [0.2, 0.25) is 0 Å².